The summed E-state index contributed by atoms with van der Waals surface area (Å²) in [5, 5.41) is 12.8. The van der Waals surface area contributed by atoms with Crippen LogP contribution in [0.1, 0.15) is 85.1 Å². The summed E-state index contributed by atoms with van der Waals surface area (Å²) in [7, 11) is -3.29. The number of carboxylic acid groups (broad SMARTS) is 1. The first-order chi connectivity index (χ1) is 28.7. The highest BCUT2D eigenvalue weighted by Crippen LogP contribution is 2.48. The van der Waals surface area contributed by atoms with E-state index in [1.54, 1.807) is 12.2 Å². The molecule has 1 saturated heterocycles. The minimum Gasteiger partial charge on any atom is -0.497 e. The standard InChI is InChI=1S/C41H51F6N5O9S/c1-22-9-7-8-10-24-18-40(24,35(55)50-62(58,59)39(21-42)13-14-39)49-32(53)30-17-26(61-33-27-12-11-25(60-6)16-28(27)29(19-48-33)41(45,46)47)20-51(30)34(54)31(23(2)15-22)52(36(56)57)37(3,4)38(5,43)44/h8,10-12,16,19,22-24,26,30-31H,7,9,13-15,17-18,20-21H2,1-6H3,(H,49,53)(H,50,55)(H,56,57)/b10-8-/t22-,23+,24+,26+,30-,31-,40+/m0/s1. The van der Waals surface area contributed by atoms with Crippen LogP contribution in [0.3, 0.4) is 0 Å². The predicted octanol–water partition coefficient (Wildman–Crippen LogP) is 6.23. The van der Waals surface area contributed by atoms with Crippen molar-refractivity contribution < 1.29 is 68.5 Å². The van der Waals surface area contributed by atoms with E-state index in [2.05, 4.69) is 10.3 Å². The largest absolute Gasteiger partial charge is 0.497 e. The molecule has 3 heterocycles. The Bertz CT molecular complexity index is 2250. The number of fused-ring (bicyclic) bond motifs is 3. The van der Waals surface area contributed by atoms with E-state index in [0.717, 1.165) is 24.8 Å². The zero-order chi connectivity index (χ0) is 46.0. The first-order valence-electron chi connectivity index (χ1n) is 20.3. The van der Waals surface area contributed by atoms with Crippen LogP contribution in [0.15, 0.2) is 36.5 Å². The minimum absolute atomic E-state index is 0.0299. The Morgan fingerprint density at radius 1 is 1.08 bits per heavy atom. The van der Waals surface area contributed by atoms with Crippen molar-refractivity contribution in [1.29, 1.82) is 0 Å². The Hall–Kier alpha value is -4.82. The molecule has 2 saturated carbocycles. The van der Waals surface area contributed by atoms with Crippen LogP contribution in [0.4, 0.5) is 31.1 Å². The molecule has 0 bridgehead atoms. The highest BCUT2D eigenvalue weighted by molar-refractivity contribution is 7.91. The van der Waals surface area contributed by atoms with Gasteiger partial charge >= 0.3 is 12.3 Å². The van der Waals surface area contributed by atoms with Gasteiger partial charge in [-0.05, 0) is 82.4 Å². The average Bonchev–Trinajstić information content (AvgIpc) is 4.08. The number of carbonyl (C=O) groups excluding carboxylic acids is 3. The zero-order valence-corrected chi connectivity index (χ0v) is 35.8. The highest BCUT2D eigenvalue weighted by Gasteiger charge is 2.64. The number of methoxy groups -OCH3 is 1. The number of rotatable bonds is 10. The van der Waals surface area contributed by atoms with Crippen LogP contribution in [0.25, 0.3) is 10.8 Å². The number of carbonyl (C=O) groups is 4. The maximum atomic E-state index is 15.4. The van der Waals surface area contributed by atoms with Gasteiger partial charge in [-0.25, -0.2) is 31.4 Å². The molecular weight excluding hydrogens is 853 g/mol. The number of halogens is 6. The normalized spacial score (nSPS) is 28.7. The molecule has 62 heavy (non-hydrogen) atoms. The number of alkyl halides is 6. The second-order valence-corrected chi connectivity index (χ2v) is 19.8. The van der Waals surface area contributed by atoms with Gasteiger partial charge in [-0.3, -0.25) is 24.0 Å². The number of allylic oxidation sites excluding steroid dienone is 1. The van der Waals surface area contributed by atoms with E-state index < -0.39 is 117 Å². The van der Waals surface area contributed by atoms with Gasteiger partial charge < -0.3 is 24.8 Å². The van der Waals surface area contributed by atoms with E-state index in [-0.39, 0.29) is 54.0 Å². The number of benzene rings is 1. The van der Waals surface area contributed by atoms with Crippen LogP contribution >= 0.6 is 0 Å². The summed E-state index contributed by atoms with van der Waals surface area (Å²) in [6.45, 7) is 4.06. The average molecular weight is 904 g/mol. The van der Waals surface area contributed by atoms with E-state index in [4.69, 9.17) is 9.47 Å². The smallest absolute Gasteiger partial charge is 0.418 e. The Labute approximate surface area is 354 Å². The first kappa shape index (κ1) is 46.7. The molecular formula is C41H51F6N5O9S. The van der Waals surface area contributed by atoms with Crippen LogP contribution in [-0.2, 0) is 30.6 Å². The quantitative estimate of drug-likeness (QED) is 0.183. The molecule has 0 spiro atoms. The number of hydrogen-bond donors (Lipinski definition) is 3. The molecule has 3 fully saturated rings. The lowest BCUT2D eigenvalue weighted by atomic mass is 9.84. The van der Waals surface area contributed by atoms with Crippen LogP contribution in [-0.4, -0.2) is 112 Å². The van der Waals surface area contributed by atoms with Gasteiger partial charge in [0.15, 0.2) is 0 Å². The molecule has 2 aliphatic carbocycles. The molecule has 14 nitrogen and oxygen atoms in total. The third-order valence-electron chi connectivity index (χ3n) is 13.0. The van der Waals surface area contributed by atoms with Gasteiger partial charge in [0, 0.05) is 36.2 Å². The third kappa shape index (κ3) is 8.61. The molecule has 342 valence electrons. The number of ether oxygens (including phenoxy) is 2. The Kier molecular flexibility index (Phi) is 12.3. The molecule has 2 aliphatic heterocycles. The number of pyridine rings is 1. The molecule has 2 aromatic rings. The topological polar surface area (TPSA) is 185 Å². The molecule has 7 atom stereocenters. The molecule has 4 amide bonds. The van der Waals surface area contributed by atoms with Gasteiger partial charge in [0.25, 0.3) is 11.8 Å². The Morgan fingerprint density at radius 3 is 2.34 bits per heavy atom. The summed E-state index contributed by atoms with van der Waals surface area (Å²) in [6.07, 6.45) is -3.53. The SMILES string of the molecule is COc1ccc2c(O[C@@H]3C[C@H]4C(=O)N[C@]5(C(=O)NS(=O)(=O)C6(CF)CC6)C[C@H]5/C=C\CC[C@H](C)C[C@@H](C)[C@H](N(C(=O)O)C(C)(C)C(C)(F)F)C(=O)N4C3)ncc(C(F)(F)F)c2c1. The van der Waals surface area contributed by atoms with Crippen molar-refractivity contribution in [2.45, 2.75) is 126 Å². The van der Waals surface area contributed by atoms with E-state index in [9.17, 15) is 45.5 Å². The molecule has 6 rings (SSSR count). The number of aromatic nitrogens is 1. The number of sulfonamides is 1. The summed E-state index contributed by atoms with van der Waals surface area (Å²) >= 11 is 0. The van der Waals surface area contributed by atoms with Crippen LogP contribution < -0.4 is 19.5 Å². The molecule has 0 unspecified atom stereocenters. The zero-order valence-electron chi connectivity index (χ0n) is 35.0. The lowest BCUT2D eigenvalue weighted by Gasteiger charge is -2.47. The Morgan fingerprint density at radius 2 is 1.76 bits per heavy atom. The van der Waals surface area contributed by atoms with E-state index in [0.29, 0.717) is 30.9 Å². The van der Waals surface area contributed by atoms with Crippen LogP contribution in [0, 0.1) is 17.8 Å². The van der Waals surface area contributed by atoms with E-state index in [1.807, 2.05) is 11.6 Å². The molecule has 21 heteroatoms. The van der Waals surface area contributed by atoms with Crippen molar-refractivity contribution >= 4 is 44.6 Å². The summed E-state index contributed by atoms with van der Waals surface area (Å²) in [5.74, 6) is -9.07. The molecule has 1 aromatic carbocycles. The number of nitrogens with one attached hydrogen (secondary N) is 2. The van der Waals surface area contributed by atoms with E-state index in [1.165, 1.54) is 26.2 Å². The van der Waals surface area contributed by atoms with Crippen LogP contribution in [0.2, 0.25) is 0 Å². The summed E-state index contributed by atoms with van der Waals surface area (Å²) in [4.78, 5) is 62.0. The fraction of sp³-hybridized carbons (Fsp3) is 0.634. The molecule has 4 aliphatic rings. The van der Waals surface area contributed by atoms with Gasteiger partial charge in [-0.15, -0.1) is 0 Å². The molecule has 1 aromatic heterocycles. The van der Waals surface area contributed by atoms with Crippen molar-refractivity contribution in [3.63, 3.8) is 0 Å². The third-order valence-corrected chi connectivity index (χ3v) is 15.1. The van der Waals surface area contributed by atoms with Gasteiger partial charge in [-0.2, -0.15) is 13.2 Å². The second-order valence-electron chi connectivity index (χ2n) is 17.8. The van der Waals surface area contributed by atoms with Crippen molar-refractivity contribution in [2.75, 3.05) is 20.3 Å². The Balaban J connectivity index is 1.44. The lowest BCUT2D eigenvalue weighted by molar-refractivity contribution is -0.156. The van der Waals surface area contributed by atoms with E-state index >= 15 is 13.6 Å². The highest BCUT2D eigenvalue weighted by atomic mass is 32.2. The minimum atomic E-state index is -4.85. The summed E-state index contributed by atoms with van der Waals surface area (Å²) < 4.78 is 125. The molecule has 0 radical (unpaired) electrons. The monoisotopic (exact) mass is 903 g/mol. The van der Waals surface area contributed by atoms with Crippen molar-refractivity contribution in [2.24, 2.45) is 17.8 Å². The van der Waals surface area contributed by atoms with Gasteiger partial charge in [0.1, 0.15) is 46.4 Å². The first-order valence-corrected chi connectivity index (χ1v) is 21.7. The number of amides is 4. The fourth-order valence-corrected chi connectivity index (χ4v) is 10.0. The maximum Gasteiger partial charge on any atom is 0.418 e. The predicted molar refractivity (Wildman–Crippen MR) is 211 cm³/mol. The van der Waals surface area contributed by atoms with Crippen molar-refractivity contribution in [3.8, 4) is 11.6 Å². The lowest BCUT2D eigenvalue weighted by Crippen LogP contribution is -2.66. The molecule has 3 N–H and O–H groups in total. The van der Waals surface area contributed by atoms with Crippen molar-refractivity contribution in [3.05, 3.63) is 42.1 Å². The van der Waals surface area contributed by atoms with Gasteiger partial charge in [0.05, 0.1) is 19.2 Å². The van der Waals surface area contributed by atoms with Crippen molar-refractivity contribution in [1.82, 2.24) is 24.8 Å². The van der Waals surface area contributed by atoms with Crippen LogP contribution in [0.5, 0.6) is 11.6 Å². The summed E-state index contributed by atoms with van der Waals surface area (Å²) in [6, 6.07) is 0.327. The number of nitrogens with zero attached hydrogens (tertiary/aromatic N) is 3. The maximum absolute atomic E-state index is 15.4. The van der Waals surface area contributed by atoms with Gasteiger partial charge in [-0.1, -0.05) is 26.0 Å². The number of hydrogen-bond acceptors (Lipinski definition) is 9. The fourth-order valence-electron chi connectivity index (χ4n) is 8.61. The van der Waals surface area contributed by atoms with Gasteiger partial charge in [0.2, 0.25) is 27.7 Å². The second kappa shape index (κ2) is 16.4. The summed E-state index contributed by atoms with van der Waals surface area (Å²) in [5.41, 5.74) is -5.50.